The topological polar surface area (TPSA) is 73.1 Å². The van der Waals surface area contributed by atoms with Crippen LogP contribution < -0.4 is 15.8 Å². The van der Waals surface area contributed by atoms with Crippen LogP contribution in [-0.2, 0) is 0 Å². The van der Waals surface area contributed by atoms with Gasteiger partial charge in [-0.05, 0) is 61.5 Å². The zero-order valence-corrected chi connectivity index (χ0v) is 15.5. The Morgan fingerprint density at radius 1 is 0.857 bits per heavy atom. The summed E-state index contributed by atoms with van der Waals surface area (Å²) >= 11 is 0. The maximum atomic E-state index is 5.93. The zero-order chi connectivity index (χ0) is 19.3. The Bertz CT molecular complexity index is 1080. The van der Waals surface area contributed by atoms with Gasteiger partial charge < -0.3 is 15.8 Å². The Hall–Kier alpha value is -3.86. The Morgan fingerprint density at radius 2 is 1.61 bits per heavy atom. The monoisotopic (exact) mass is 368 g/mol. The molecule has 5 nitrogen and oxygen atoms in total. The van der Waals surface area contributed by atoms with Crippen LogP contribution in [0.4, 0.5) is 17.3 Å². The van der Waals surface area contributed by atoms with Gasteiger partial charge in [-0.3, -0.25) is 0 Å². The summed E-state index contributed by atoms with van der Waals surface area (Å²) in [5.74, 6) is 1.91. The van der Waals surface area contributed by atoms with E-state index < -0.39 is 0 Å². The van der Waals surface area contributed by atoms with Crippen molar-refractivity contribution in [3.63, 3.8) is 0 Å². The van der Waals surface area contributed by atoms with Gasteiger partial charge in [-0.25, -0.2) is 9.97 Å². The number of hydrogen-bond donors (Lipinski definition) is 2. The molecule has 0 saturated carbocycles. The van der Waals surface area contributed by atoms with Crippen LogP contribution in [0, 0.1) is 6.92 Å². The van der Waals surface area contributed by atoms with Gasteiger partial charge in [-0.15, -0.1) is 0 Å². The lowest BCUT2D eigenvalue weighted by molar-refractivity contribution is 0.485. The highest BCUT2D eigenvalue weighted by Crippen LogP contribution is 2.28. The van der Waals surface area contributed by atoms with Crippen molar-refractivity contribution >= 4 is 17.3 Å². The quantitative estimate of drug-likeness (QED) is 0.451. The highest BCUT2D eigenvalue weighted by molar-refractivity contribution is 5.63. The molecule has 5 heteroatoms. The number of hydrogen-bond acceptors (Lipinski definition) is 5. The van der Waals surface area contributed by atoms with Crippen molar-refractivity contribution in [2.24, 2.45) is 0 Å². The second-order valence-electron chi connectivity index (χ2n) is 6.42. The molecule has 0 saturated heterocycles. The van der Waals surface area contributed by atoms with Gasteiger partial charge in [0.1, 0.15) is 11.5 Å². The van der Waals surface area contributed by atoms with Crippen LogP contribution >= 0.6 is 0 Å². The molecule has 0 aliphatic rings. The summed E-state index contributed by atoms with van der Waals surface area (Å²) < 4.78 is 5.84. The predicted octanol–water partition coefficient (Wildman–Crippen LogP) is 5.57. The van der Waals surface area contributed by atoms with Crippen LogP contribution in [0.2, 0.25) is 0 Å². The van der Waals surface area contributed by atoms with Crippen LogP contribution in [0.15, 0.2) is 85.1 Å². The fourth-order valence-corrected chi connectivity index (χ4v) is 2.74. The third-order valence-electron chi connectivity index (χ3n) is 4.26. The molecule has 0 atom stereocenters. The second kappa shape index (κ2) is 7.80. The number of aromatic nitrogens is 2. The van der Waals surface area contributed by atoms with E-state index in [0.717, 1.165) is 16.9 Å². The average molecular weight is 368 g/mol. The average Bonchev–Trinajstić information content (AvgIpc) is 2.72. The van der Waals surface area contributed by atoms with Crippen molar-refractivity contribution in [3.8, 4) is 22.8 Å². The number of para-hydroxylation sites is 2. The molecular weight excluding hydrogens is 348 g/mol. The lowest BCUT2D eigenvalue weighted by atomic mass is 10.1. The van der Waals surface area contributed by atoms with Gasteiger partial charge in [-0.2, -0.15) is 0 Å². The van der Waals surface area contributed by atoms with Crippen LogP contribution in [-0.4, -0.2) is 9.97 Å². The zero-order valence-electron chi connectivity index (χ0n) is 15.5. The van der Waals surface area contributed by atoms with E-state index in [9.17, 15) is 0 Å². The highest BCUT2D eigenvalue weighted by Gasteiger charge is 2.05. The molecule has 3 aromatic carbocycles. The molecular formula is C23H20N4O. The number of nitrogens with one attached hydrogen (secondary N) is 1. The summed E-state index contributed by atoms with van der Waals surface area (Å²) in [6.07, 6.45) is 1.74. The third-order valence-corrected chi connectivity index (χ3v) is 4.26. The van der Waals surface area contributed by atoms with Crippen LogP contribution in [0.25, 0.3) is 11.3 Å². The molecule has 1 heterocycles. The first-order valence-electron chi connectivity index (χ1n) is 8.97. The largest absolute Gasteiger partial charge is 0.455 e. The van der Waals surface area contributed by atoms with E-state index in [4.69, 9.17) is 10.5 Å². The fraction of sp³-hybridized carbons (Fsp3) is 0.0435. The standard InChI is InChI=1S/C23H20N4O/c1-16-6-10-18(11-7-16)26-23-25-15-14-21(27-23)17-8-12-19(13-9-17)28-22-5-3-2-4-20(22)24/h2-15H,24H2,1H3,(H,25,26,27). The molecule has 4 rings (SSSR count). The van der Waals surface area contributed by atoms with Crippen molar-refractivity contribution in [2.45, 2.75) is 6.92 Å². The Morgan fingerprint density at radius 3 is 2.36 bits per heavy atom. The van der Waals surface area contributed by atoms with Crippen molar-refractivity contribution in [1.82, 2.24) is 9.97 Å². The maximum Gasteiger partial charge on any atom is 0.227 e. The minimum Gasteiger partial charge on any atom is -0.455 e. The second-order valence-corrected chi connectivity index (χ2v) is 6.42. The smallest absolute Gasteiger partial charge is 0.227 e. The lowest BCUT2D eigenvalue weighted by Gasteiger charge is -2.09. The van der Waals surface area contributed by atoms with Crippen LogP contribution in [0.3, 0.4) is 0 Å². The Labute approximate surface area is 163 Å². The van der Waals surface area contributed by atoms with Crippen molar-refractivity contribution in [2.75, 3.05) is 11.1 Å². The number of benzene rings is 3. The van der Waals surface area contributed by atoms with Gasteiger partial charge in [0.2, 0.25) is 5.95 Å². The van der Waals surface area contributed by atoms with Gasteiger partial charge in [0, 0.05) is 17.4 Å². The first kappa shape index (κ1) is 17.5. The van der Waals surface area contributed by atoms with E-state index >= 15 is 0 Å². The van der Waals surface area contributed by atoms with Crippen molar-refractivity contribution in [3.05, 3.63) is 90.6 Å². The third kappa shape index (κ3) is 4.10. The number of nitrogen functional groups attached to an aromatic ring is 1. The van der Waals surface area contributed by atoms with Gasteiger partial charge in [-0.1, -0.05) is 29.8 Å². The summed E-state index contributed by atoms with van der Waals surface area (Å²) in [7, 11) is 0. The van der Waals surface area contributed by atoms with Crippen LogP contribution in [0.1, 0.15) is 5.56 Å². The summed E-state index contributed by atoms with van der Waals surface area (Å²) in [6.45, 7) is 2.06. The van der Waals surface area contributed by atoms with E-state index in [2.05, 4.69) is 22.2 Å². The number of aryl methyl sites for hydroxylation is 1. The minimum absolute atomic E-state index is 0.554. The number of rotatable bonds is 5. The Kier molecular flexibility index (Phi) is 4.89. The molecule has 28 heavy (non-hydrogen) atoms. The molecule has 0 aliphatic heterocycles. The van der Waals surface area contributed by atoms with E-state index in [-0.39, 0.29) is 0 Å². The molecule has 0 radical (unpaired) electrons. The van der Waals surface area contributed by atoms with Gasteiger partial charge in [0.05, 0.1) is 11.4 Å². The molecule has 3 N–H and O–H groups in total. The minimum atomic E-state index is 0.554. The van der Waals surface area contributed by atoms with E-state index in [1.807, 2.05) is 78.9 Å². The van der Waals surface area contributed by atoms with Crippen molar-refractivity contribution in [1.29, 1.82) is 0 Å². The summed E-state index contributed by atoms with van der Waals surface area (Å²) in [6, 6.07) is 25.1. The van der Waals surface area contributed by atoms with E-state index in [0.29, 0.717) is 23.1 Å². The normalized spacial score (nSPS) is 10.5. The predicted molar refractivity (Wildman–Crippen MR) is 113 cm³/mol. The number of nitrogens with two attached hydrogens (primary N) is 1. The molecule has 4 aromatic rings. The number of anilines is 3. The SMILES string of the molecule is Cc1ccc(Nc2nccc(-c3ccc(Oc4ccccc4N)cc3)n2)cc1. The van der Waals surface area contributed by atoms with Gasteiger partial charge in [0.25, 0.3) is 0 Å². The van der Waals surface area contributed by atoms with E-state index in [1.165, 1.54) is 5.56 Å². The first-order valence-corrected chi connectivity index (χ1v) is 8.97. The van der Waals surface area contributed by atoms with E-state index in [1.54, 1.807) is 6.20 Å². The summed E-state index contributed by atoms with van der Waals surface area (Å²) in [4.78, 5) is 8.91. The van der Waals surface area contributed by atoms with Crippen LogP contribution in [0.5, 0.6) is 11.5 Å². The molecule has 0 aliphatic carbocycles. The molecule has 0 bridgehead atoms. The first-order chi connectivity index (χ1) is 13.7. The molecule has 0 spiro atoms. The number of ether oxygens (including phenoxy) is 1. The molecule has 0 amide bonds. The van der Waals surface area contributed by atoms with Crippen molar-refractivity contribution < 1.29 is 4.74 Å². The van der Waals surface area contributed by atoms with Gasteiger partial charge >= 0.3 is 0 Å². The molecule has 0 fully saturated rings. The number of nitrogens with zero attached hydrogens (tertiary/aromatic N) is 2. The Balaban J connectivity index is 1.51. The fourth-order valence-electron chi connectivity index (χ4n) is 2.74. The molecule has 138 valence electrons. The molecule has 1 aromatic heterocycles. The highest BCUT2D eigenvalue weighted by atomic mass is 16.5. The summed E-state index contributed by atoms with van der Waals surface area (Å²) in [5.41, 5.74) is 10.5. The molecule has 0 unspecified atom stereocenters. The summed E-state index contributed by atoms with van der Waals surface area (Å²) in [5, 5.41) is 3.23. The maximum absolute atomic E-state index is 5.93. The van der Waals surface area contributed by atoms with Gasteiger partial charge in [0.15, 0.2) is 0 Å². The lowest BCUT2D eigenvalue weighted by Crippen LogP contribution is -1.97.